The Morgan fingerprint density at radius 2 is 1.72 bits per heavy atom. The molecule has 1 unspecified atom stereocenters. The quantitative estimate of drug-likeness (QED) is 0.0803. The second kappa shape index (κ2) is 13.1. The van der Waals surface area contributed by atoms with Gasteiger partial charge in [-0.2, -0.15) is 17.7 Å². The molecule has 0 saturated carbocycles. The van der Waals surface area contributed by atoms with Gasteiger partial charge in [0.2, 0.25) is 6.23 Å². The van der Waals surface area contributed by atoms with Gasteiger partial charge in [0.05, 0.1) is 43.4 Å². The van der Waals surface area contributed by atoms with E-state index in [-0.39, 0.29) is 21.7 Å². The molecule has 0 heterocycles. The molecule has 0 fully saturated rings. The number of anilines is 1. The molecule has 0 radical (unpaired) electrons. The van der Waals surface area contributed by atoms with E-state index in [2.05, 4.69) is 14.4 Å². The van der Waals surface area contributed by atoms with Crippen LogP contribution >= 0.6 is 11.6 Å². The highest BCUT2D eigenvalue weighted by Gasteiger charge is 2.36. The van der Waals surface area contributed by atoms with Crippen molar-refractivity contribution in [2.24, 2.45) is 10.2 Å². The number of hydrogen-bond acceptors (Lipinski definition) is 9. The van der Waals surface area contributed by atoms with Gasteiger partial charge in [-0.05, 0) is 37.3 Å². The molecule has 3 aromatic carbocycles. The minimum Gasteiger partial charge on any atom is -0.363 e. The van der Waals surface area contributed by atoms with E-state index in [1.165, 1.54) is 18.2 Å². The molecule has 0 N–H and O–H groups in total. The van der Waals surface area contributed by atoms with Crippen molar-refractivity contribution in [2.45, 2.75) is 19.7 Å². The summed E-state index contributed by atoms with van der Waals surface area (Å²) in [4.78, 5) is 12.3. The van der Waals surface area contributed by atoms with Crippen LogP contribution in [0.4, 0.5) is 22.7 Å². The maximum Gasteiger partial charge on any atom is 0.404 e. The summed E-state index contributed by atoms with van der Waals surface area (Å²) >= 11 is 6.09. The molecule has 0 aromatic heterocycles. The van der Waals surface area contributed by atoms with E-state index in [9.17, 15) is 18.5 Å². The first-order chi connectivity index (χ1) is 18.4. The third-order valence-corrected chi connectivity index (χ3v) is 7.20. The first-order valence-corrected chi connectivity index (χ1v) is 13.7. The number of non-ortho nitro benzene ring substituents is 1. The van der Waals surface area contributed by atoms with Crippen LogP contribution in [0.2, 0.25) is 5.02 Å². The molecular weight excluding hydrogens is 546 g/mol. The van der Waals surface area contributed by atoms with Gasteiger partial charge in [-0.25, -0.2) is 0 Å². The van der Waals surface area contributed by atoms with E-state index in [0.717, 1.165) is 18.4 Å². The zero-order valence-corrected chi connectivity index (χ0v) is 23.7. The minimum atomic E-state index is -4.20. The summed E-state index contributed by atoms with van der Waals surface area (Å²) < 4.78 is 34.9. The number of quaternary nitrogens is 1. The summed E-state index contributed by atoms with van der Waals surface area (Å²) in [6.45, 7) is 3.34. The lowest BCUT2D eigenvalue weighted by atomic mass is 10.2. The van der Waals surface area contributed by atoms with Gasteiger partial charge < -0.3 is 4.90 Å². The van der Waals surface area contributed by atoms with E-state index in [1.54, 1.807) is 12.1 Å². The molecule has 0 spiro atoms. The van der Waals surface area contributed by atoms with Crippen LogP contribution in [-0.4, -0.2) is 58.3 Å². The Hall–Kier alpha value is -3.42. The fraction of sp³-hybridized carbons (Fsp3) is 0.308. The Bertz CT molecular complexity index is 1400. The van der Waals surface area contributed by atoms with Gasteiger partial charge in [-0.1, -0.05) is 41.9 Å². The second-order valence-corrected chi connectivity index (χ2v) is 10.9. The molecule has 0 aliphatic carbocycles. The molecule has 1 atom stereocenters. The third-order valence-electron chi connectivity index (χ3n) is 6.03. The Morgan fingerprint density at radius 3 is 2.28 bits per heavy atom. The number of likely N-dealkylation sites (N-methyl/N-ethyl adjacent to an activating group) is 2. The molecule has 11 nitrogen and oxygen atoms in total. The monoisotopic (exact) mass is 576 g/mol. The third kappa shape index (κ3) is 8.53. The van der Waals surface area contributed by atoms with Crippen molar-refractivity contribution in [2.75, 3.05) is 39.2 Å². The highest BCUT2D eigenvalue weighted by molar-refractivity contribution is 7.81. The average Bonchev–Trinajstić information content (AvgIpc) is 2.91. The van der Waals surface area contributed by atoms with E-state index in [4.69, 9.17) is 15.8 Å². The van der Waals surface area contributed by atoms with Crippen LogP contribution in [0.15, 0.2) is 83.0 Å². The van der Waals surface area contributed by atoms with E-state index >= 15 is 0 Å². The predicted molar refractivity (Wildman–Crippen MR) is 150 cm³/mol. The standard InChI is InChI=1S/C26H31ClN5O6S/c1-5-30(18-26(38-39(35,36)37-4)32(2,3)19-20-9-7-6-8-10-20)22-13-11-21(12-14-22)28-29-25-16-15-23(31(33)34)17-24(25)27/h6-17,26H,5,18-19H2,1-4H3/q+1. The summed E-state index contributed by atoms with van der Waals surface area (Å²) in [7, 11) is 0.681. The lowest BCUT2D eigenvalue weighted by molar-refractivity contribution is -0.944. The van der Waals surface area contributed by atoms with Gasteiger partial charge in [0.25, 0.3) is 5.69 Å². The summed E-state index contributed by atoms with van der Waals surface area (Å²) in [5.74, 6) is 0. The fourth-order valence-electron chi connectivity index (χ4n) is 3.84. The number of halogens is 1. The first kappa shape index (κ1) is 30.1. The van der Waals surface area contributed by atoms with Crippen molar-refractivity contribution >= 4 is 44.7 Å². The molecule has 208 valence electrons. The molecule has 0 saturated heterocycles. The van der Waals surface area contributed by atoms with Crippen molar-refractivity contribution < 1.29 is 26.2 Å². The summed E-state index contributed by atoms with van der Waals surface area (Å²) in [5.41, 5.74) is 2.58. The molecular formula is C26H31ClN5O6S+. The number of hydrogen-bond donors (Lipinski definition) is 0. The largest absolute Gasteiger partial charge is 0.404 e. The molecule has 0 aliphatic rings. The number of benzene rings is 3. The summed E-state index contributed by atoms with van der Waals surface area (Å²) in [5, 5.41) is 19.3. The topological polar surface area (TPSA) is 124 Å². The highest BCUT2D eigenvalue weighted by atomic mass is 35.5. The molecule has 13 heteroatoms. The zero-order chi connectivity index (χ0) is 28.6. The lowest BCUT2D eigenvalue weighted by Gasteiger charge is -2.39. The van der Waals surface area contributed by atoms with Gasteiger partial charge in [0, 0.05) is 29.9 Å². The Morgan fingerprint density at radius 1 is 1.05 bits per heavy atom. The fourth-order valence-corrected chi connectivity index (χ4v) is 4.69. The summed E-state index contributed by atoms with van der Waals surface area (Å²) in [6, 6.07) is 20.9. The van der Waals surface area contributed by atoms with Gasteiger partial charge >= 0.3 is 10.4 Å². The number of nitro groups is 1. The number of nitro benzene ring substituents is 1. The normalized spacial score (nSPS) is 12.9. The summed E-state index contributed by atoms with van der Waals surface area (Å²) in [6.07, 6.45) is -0.779. The zero-order valence-electron chi connectivity index (χ0n) is 22.1. The van der Waals surface area contributed by atoms with Crippen LogP contribution in [0.25, 0.3) is 0 Å². The molecule has 3 aromatic rings. The number of nitrogens with zero attached hydrogens (tertiary/aromatic N) is 5. The van der Waals surface area contributed by atoms with E-state index < -0.39 is 21.6 Å². The van der Waals surface area contributed by atoms with Gasteiger partial charge in [-0.3, -0.25) is 18.8 Å². The number of rotatable bonds is 13. The van der Waals surface area contributed by atoms with Gasteiger partial charge in [-0.15, -0.1) is 5.11 Å². The molecule has 3 rings (SSSR count). The van der Waals surface area contributed by atoms with Gasteiger partial charge in [0.15, 0.2) is 0 Å². The molecule has 39 heavy (non-hydrogen) atoms. The predicted octanol–water partition coefficient (Wildman–Crippen LogP) is 6.00. The maximum absolute atomic E-state index is 12.3. The molecule has 0 bridgehead atoms. The Labute approximate surface area is 233 Å². The van der Waals surface area contributed by atoms with Crippen LogP contribution in [0.1, 0.15) is 12.5 Å². The van der Waals surface area contributed by atoms with Crippen molar-refractivity contribution in [3.05, 3.63) is 93.5 Å². The SMILES string of the molecule is CCN(CC(OS(=O)(=O)OC)[N+](C)(C)Cc1ccccc1)c1ccc(N=Nc2ccc([N+](=O)[O-])cc2Cl)cc1. The van der Waals surface area contributed by atoms with Crippen molar-refractivity contribution in [3.8, 4) is 0 Å². The van der Waals surface area contributed by atoms with Gasteiger partial charge in [0.1, 0.15) is 12.2 Å². The molecule has 0 aliphatic heterocycles. The van der Waals surface area contributed by atoms with Crippen LogP contribution < -0.4 is 4.90 Å². The second-order valence-electron chi connectivity index (χ2n) is 9.20. The lowest BCUT2D eigenvalue weighted by Crippen LogP contribution is -2.55. The smallest absolute Gasteiger partial charge is 0.363 e. The Balaban J connectivity index is 1.79. The molecule has 0 amide bonds. The average molecular weight is 577 g/mol. The first-order valence-electron chi connectivity index (χ1n) is 12.0. The van der Waals surface area contributed by atoms with Crippen LogP contribution in [0.5, 0.6) is 0 Å². The number of azo groups is 1. The van der Waals surface area contributed by atoms with Crippen molar-refractivity contribution in [3.63, 3.8) is 0 Å². The van der Waals surface area contributed by atoms with Crippen molar-refractivity contribution in [1.82, 2.24) is 0 Å². The van der Waals surface area contributed by atoms with Crippen LogP contribution in [0.3, 0.4) is 0 Å². The Kier molecular flexibility index (Phi) is 10.1. The van der Waals surface area contributed by atoms with E-state index in [1.807, 2.05) is 68.4 Å². The maximum atomic E-state index is 12.3. The van der Waals surface area contributed by atoms with Crippen LogP contribution in [0, 0.1) is 10.1 Å². The highest BCUT2D eigenvalue weighted by Crippen LogP contribution is 2.31. The van der Waals surface area contributed by atoms with Crippen molar-refractivity contribution in [1.29, 1.82) is 0 Å². The van der Waals surface area contributed by atoms with Crippen LogP contribution in [-0.2, 0) is 25.3 Å². The van der Waals surface area contributed by atoms with E-state index in [0.29, 0.717) is 24.5 Å². The minimum absolute atomic E-state index is 0.120.